The van der Waals surface area contributed by atoms with Gasteiger partial charge in [0.25, 0.3) is 0 Å². The molecule has 0 amide bonds. The van der Waals surface area contributed by atoms with Gasteiger partial charge < -0.3 is 0 Å². The molecular formula is C13H20ClNO2S. The van der Waals surface area contributed by atoms with Crippen LogP contribution < -0.4 is 4.72 Å². The smallest absolute Gasteiger partial charge is 0.208 e. The highest BCUT2D eigenvalue weighted by Crippen LogP contribution is 2.15. The Hall–Kier alpha value is -0.580. The molecule has 3 nitrogen and oxygen atoms in total. The molecule has 102 valence electrons. The molecular weight excluding hydrogens is 270 g/mol. The summed E-state index contributed by atoms with van der Waals surface area (Å²) in [5, 5.41) is 0. The third-order valence-electron chi connectivity index (χ3n) is 2.92. The minimum Gasteiger partial charge on any atom is -0.208 e. The van der Waals surface area contributed by atoms with Crippen molar-refractivity contribution in [1.29, 1.82) is 0 Å². The summed E-state index contributed by atoms with van der Waals surface area (Å²) in [6.07, 6.45) is 1.55. The Morgan fingerprint density at radius 1 is 1.28 bits per heavy atom. The zero-order chi connectivity index (χ0) is 13.8. The summed E-state index contributed by atoms with van der Waals surface area (Å²) < 4.78 is 26.9. The molecule has 0 aromatic heterocycles. The first-order valence-corrected chi connectivity index (χ1v) is 8.04. The fourth-order valence-corrected chi connectivity index (χ4v) is 3.17. The molecule has 0 bridgehead atoms. The van der Waals surface area contributed by atoms with Crippen LogP contribution in [0.25, 0.3) is 0 Å². The van der Waals surface area contributed by atoms with Gasteiger partial charge in [-0.1, -0.05) is 6.07 Å². The van der Waals surface area contributed by atoms with Crippen LogP contribution in [0.3, 0.4) is 0 Å². The normalized spacial score (nSPS) is 13.6. The molecule has 0 heterocycles. The van der Waals surface area contributed by atoms with Crippen LogP contribution >= 0.6 is 11.6 Å². The van der Waals surface area contributed by atoms with Crippen molar-refractivity contribution in [2.24, 2.45) is 0 Å². The molecule has 0 fully saturated rings. The average Bonchev–Trinajstić information content (AvgIpc) is 2.29. The Kier molecular flexibility index (Phi) is 5.63. The van der Waals surface area contributed by atoms with Crippen molar-refractivity contribution < 1.29 is 8.42 Å². The van der Waals surface area contributed by atoms with E-state index in [0.29, 0.717) is 10.8 Å². The van der Waals surface area contributed by atoms with Gasteiger partial charge in [-0.25, -0.2) is 13.1 Å². The Bertz CT molecular complexity index is 500. The van der Waals surface area contributed by atoms with Gasteiger partial charge in [0.2, 0.25) is 10.0 Å². The second-order valence-corrected chi connectivity index (χ2v) is 6.69. The van der Waals surface area contributed by atoms with E-state index in [1.807, 2.05) is 26.8 Å². The lowest BCUT2D eigenvalue weighted by molar-refractivity contribution is 0.544. The van der Waals surface area contributed by atoms with Crippen LogP contribution in [0.5, 0.6) is 0 Å². The van der Waals surface area contributed by atoms with Crippen LogP contribution in [-0.4, -0.2) is 20.3 Å². The number of alkyl halides is 1. The van der Waals surface area contributed by atoms with Crippen molar-refractivity contribution >= 4 is 21.6 Å². The summed E-state index contributed by atoms with van der Waals surface area (Å²) >= 11 is 5.59. The molecule has 1 rings (SSSR count). The maximum atomic E-state index is 12.1. The van der Waals surface area contributed by atoms with Crippen LogP contribution in [0, 0.1) is 13.8 Å². The molecule has 1 atom stereocenters. The van der Waals surface area contributed by atoms with E-state index in [1.165, 1.54) is 0 Å². The summed E-state index contributed by atoms with van der Waals surface area (Å²) in [5.74, 6) is 0.551. The van der Waals surface area contributed by atoms with Gasteiger partial charge in [0.15, 0.2) is 0 Å². The Balaban J connectivity index is 2.83. The maximum Gasteiger partial charge on any atom is 0.240 e. The van der Waals surface area contributed by atoms with Gasteiger partial charge in [0.1, 0.15) is 0 Å². The van der Waals surface area contributed by atoms with Gasteiger partial charge >= 0.3 is 0 Å². The summed E-state index contributed by atoms with van der Waals surface area (Å²) in [6.45, 7) is 5.72. The van der Waals surface area contributed by atoms with Crippen LogP contribution in [-0.2, 0) is 10.0 Å². The number of rotatable bonds is 6. The molecule has 1 unspecified atom stereocenters. The molecule has 1 N–H and O–H groups in total. The SMILES string of the molecule is Cc1ccc(S(=O)(=O)NC(C)CCCCl)cc1C. The van der Waals surface area contributed by atoms with E-state index in [1.54, 1.807) is 12.1 Å². The van der Waals surface area contributed by atoms with Crippen molar-refractivity contribution in [3.05, 3.63) is 29.3 Å². The monoisotopic (exact) mass is 289 g/mol. The topological polar surface area (TPSA) is 46.2 Å². The molecule has 1 aromatic rings. The van der Waals surface area contributed by atoms with Crippen molar-refractivity contribution in [2.75, 3.05) is 5.88 Å². The standard InChI is InChI=1S/C13H20ClNO2S/c1-10-6-7-13(9-11(10)2)18(16,17)15-12(3)5-4-8-14/h6-7,9,12,15H,4-5,8H2,1-3H3. The van der Waals surface area contributed by atoms with Gasteiger partial charge in [0.05, 0.1) is 4.90 Å². The summed E-state index contributed by atoms with van der Waals surface area (Å²) in [7, 11) is -3.42. The molecule has 5 heteroatoms. The highest BCUT2D eigenvalue weighted by atomic mass is 35.5. The second-order valence-electron chi connectivity index (χ2n) is 4.60. The van der Waals surface area contributed by atoms with E-state index in [-0.39, 0.29) is 6.04 Å². The number of sulfonamides is 1. The van der Waals surface area contributed by atoms with Gasteiger partial charge in [-0.15, -0.1) is 11.6 Å². The summed E-state index contributed by atoms with van der Waals surface area (Å²) in [4.78, 5) is 0.323. The molecule has 18 heavy (non-hydrogen) atoms. The van der Waals surface area contributed by atoms with Gasteiger partial charge in [-0.05, 0) is 56.9 Å². The summed E-state index contributed by atoms with van der Waals surface area (Å²) in [5.41, 5.74) is 2.07. The van der Waals surface area contributed by atoms with E-state index in [9.17, 15) is 8.42 Å². The first kappa shape index (κ1) is 15.5. The molecule has 0 saturated carbocycles. The highest BCUT2D eigenvalue weighted by Gasteiger charge is 2.17. The number of hydrogen-bond donors (Lipinski definition) is 1. The van der Waals surface area contributed by atoms with E-state index >= 15 is 0 Å². The van der Waals surface area contributed by atoms with E-state index < -0.39 is 10.0 Å². The lowest BCUT2D eigenvalue weighted by Gasteiger charge is -2.14. The minimum atomic E-state index is -3.42. The van der Waals surface area contributed by atoms with Crippen LogP contribution in [0.4, 0.5) is 0 Å². The van der Waals surface area contributed by atoms with E-state index in [4.69, 9.17) is 11.6 Å². The van der Waals surface area contributed by atoms with Crippen LogP contribution in [0.1, 0.15) is 30.9 Å². The fourth-order valence-electron chi connectivity index (χ4n) is 1.66. The number of aryl methyl sites for hydroxylation is 2. The number of halogens is 1. The van der Waals surface area contributed by atoms with E-state index in [2.05, 4.69) is 4.72 Å². The van der Waals surface area contributed by atoms with Gasteiger partial charge in [-0.3, -0.25) is 0 Å². The highest BCUT2D eigenvalue weighted by molar-refractivity contribution is 7.89. The lowest BCUT2D eigenvalue weighted by Crippen LogP contribution is -2.32. The first-order chi connectivity index (χ1) is 8.36. The van der Waals surface area contributed by atoms with Crippen molar-refractivity contribution in [2.45, 2.75) is 44.6 Å². The van der Waals surface area contributed by atoms with Gasteiger partial charge in [0, 0.05) is 11.9 Å². The lowest BCUT2D eigenvalue weighted by atomic mass is 10.1. The fraction of sp³-hybridized carbons (Fsp3) is 0.538. The Morgan fingerprint density at radius 2 is 1.94 bits per heavy atom. The van der Waals surface area contributed by atoms with Gasteiger partial charge in [-0.2, -0.15) is 0 Å². The molecule has 1 aromatic carbocycles. The molecule has 0 radical (unpaired) electrons. The predicted molar refractivity (Wildman–Crippen MR) is 75.7 cm³/mol. The number of hydrogen-bond acceptors (Lipinski definition) is 2. The quantitative estimate of drug-likeness (QED) is 0.818. The molecule has 0 saturated heterocycles. The van der Waals surface area contributed by atoms with E-state index in [0.717, 1.165) is 24.0 Å². The Morgan fingerprint density at radius 3 is 2.50 bits per heavy atom. The molecule has 0 aliphatic heterocycles. The third-order valence-corrected chi connectivity index (χ3v) is 4.77. The minimum absolute atomic E-state index is 0.102. The first-order valence-electron chi connectivity index (χ1n) is 6.02. The van der Waals surface area contributed by atoms with Crippen molar-refractivity contribution in [1.82, 2.24) is 4.72 Å². The van der Waals surface area contributed by atoms with Crippen LogP contribution in [0.2, 0.25) is 0 Å². The number of nitrogens with one attached hydrogen (secondary N) is 1. The molecule has 0 aliphatic rings. The predicted octanol–water partition coefficient (Wildman–Crippen LogP) is 2.99. The van der Waals surface area contributed by atoms with Crippen molar-refractivity contribution in [3.63, 3.8) is 0 Å². The third kappa shape index (κ3) is 4.26. The maximum absolute atomic E-state index is 12.1. The summed E-state index contributed by atoms with van der Waals surface area (Å²) in [6, 6.07) is 5.06. The zero-order valence-corrected chi connectivity index (χ0v) is 12.6. The zero-order valence-electron chi connectivity index (χ0n) is 11.0. The largest absolute Gasteiger partial charge is 0.240 e. The molecule has 0 spiro atoms. The number of benzene rings is 1. The second kappa shape index (κ2) is 6.55. The average molecular weight is 290 g/mol. The van der Waals surface area contributed by atoms with Crippen molar-refractivity contribution in [3.8, 4) is 0 Å². The molecule has 0 aliphatic carbocycles. The Labute approximate surface area is 115 Å². The van der Waals surface area contributed by atoms with Crippen LogP contribution in [0.15, 0.2) is 23.1 Å².